The van der Waals surface area contributed by atoms with Gasteiger partial charge in [0.2, 0.25) is 0 Å². The second-order valence-corrected chi connectivity index (χ2v) is 5.22. The highest BCUT2D eigenvalue weighted by Crippen LogP contribution is 2.18. The summed E-state index contributed by atoms with van der Waals surface area (Å²) >= 11 is 3.35. The zero-order chi connectivity index (χ0) is 14.5. The molecular weight excluding hydrogens is 325 g/mol. The lowest BCUT2D eigenvalue weighted by Gasteiger charge is -2.09. The number of anilines is 1. The monoisotopic (exact) mass is 339 g/mol. The highest BCUT2D eigenvalue weighted by atomic mass is 79.9. The minimum absolute atomic E-state index is 0.165. The van der Waals surface area contributed by atoms with E-state index in [4.69, 9.17) is 0 Å². The minimum Gasteiger partial charge on any atom is -0.361 e. The third-order valence-corrected chi connectivity index (χ3v) is 3.61. The third kappa shape index (κ3) is 3.45. The maximum atomic E-state index is 13.2. The smallest absolute Gasteiger partial charge is 0.293 e. The van der Waals surface area contributed by atoms with Crippen LogP contribution in [0.3, 0.4) is 0 Å². The SMILES string of the molecule is CCCn1ccnc(NCc2cc(F)ccc2Br)c1=O. The van der Waals surface area contributed by atoms with Gasteiger partial charge in [-0.05, 0) is 30.2 Å². The van der Waals surface area contributed by atoms with Crippen LogP contribution in [0.5, 0.6) is 0 Å². The predicted octanol–water partition coefficient (Wildman–Crippen LogP) is 3.17. The summed E-state index contributed by atoms with van der Waals surface area (Å²) in [6.45, 7) is 2.99. The Hall–Kier alpha value is -1.69. The lowest BCUT2D eigenvalue weighted by atomic mass is 10.2. The molecule has 0 fully saturated rings. The number of nitrogens with one attached hydrogen (secondary N) is 1. The molecule has 0 aliphatic carbocycles. The van der Waals surface area contributed by atoms with Gasteiger partial charge in [-0.3, -0.25) is 4.79 Å². The molecule has 0 amide bonds. The summed E-state index contributed by atoms with van der Waals surface area (Å²) in [5.74, 6) is -0.0356. The Morgan fingerprint density at radius 1 is 1.45 bits per heavy atom. The fraction of sp³-hybridized carbons (Fsp3) is 0.286. The molecule has 6 heteroatoms. The van der Waals surface area contributed by atoms with E-state index in [1.54, 1.807) is 23.0 Å². The van der Waals surface area contributed by atoms with E-state index in [9.17, 15) is 9.18 Å². The number of aryl methyl sites for hydroxylation is 1. The first-order valence-electron chi connectivity index (χ1n) is 6.35. The van der Waals surface area contributed by atoms with Crippen LogP contribution in [0, 0.1) is 5.82 Å². The number of rotatable bonds is 5. The van der Waals surface area contributed by atoms with Crippen molar-refractivity contribution >= 4 is 21.7 Å². The van der Waals surface area contributed by atoms with Crippen molar-refractivity contribution in [1.82, 2.24) is 9.55 Å². The summed E-state index contributed by atoms with van der Waals surface area (Å²) in [6, 6.07) is 4.44. The van der Waals surface area contributed by atoms with Gasteiger partial charge in [-0.2, -0.15) is 0 Å². The van der Waals surface area contributed by atoms with Crippen LogP contribution in [-0.2, 0) is 13.1 Å². The summed E-state index contributed by atoms with van der Waals surface area (Å²) in [6.07, 6.45) is 4.12. The van der Waals surface area contributed by atoms with Gasteiger partial charge in [-0.15, -0.1) is 0 Å². The van der Waals surface area contributed by atoms with Gasteiger partial charge >= 0.3 is 0 Å². The molecular formula is C14H15BrFN3O. The van der Waals surface area contributed by atoms with Crippen LogP contribution < -0.4 is 10.9 Å². The Kier molecular flexibility index (Phi) is 4.89. The molecule has 0 radical (unpaired) electrons. The van der Waals surface area contributed by atoms with Crippen LogP contribution in [0.1, 0.15) is 18.9 Å². The maximum Gasteiger partial charge on any atom is 0.293 e. The number of hydrogen-bond acceptors (Lipinski definition) is 3. The predicted molar refractivity (Wildman–Crippen MR) is 80.2 cm³/mol. The first kappa shape index (κ1) is 14.7. The Balaban J connectivity index is 2.17. The first-order chi connectivity index (χ1) is 9.61. The standard InChI is InChI=1S/C14H15BrFN3O/c1-2-6-19-7-5-17-13(14(19)20)18-9-10-8-11(16)3-4-12(10)15/h3-5,7-8H,2,6,9H2,1H3,(H,17,18). The summed E-state index contributed by atoms with van der Waals surface area (Å²) in [4.78, 5) is 16.1. The molecule has 0 saturated carbocycles. The number of aromatic nitrogens is 2. The molecule has 0 aliphatic heterocycles. The topological polar surface area (TPSA) is 46.9 Å². The maximum absolute atomic E-state index is 13.2. The van der Waals surface area contributed by atoms with Gasteiger partial charge in [0.05, 0.1) is 0 Å². The fourth-order valence-corrected chi connectivity index (χ4v) is 2.23. The van der Waals surface area contributed by atoms with Crippen molar-refractivity contribution in [3.8, 4) is 0 Å². The lowest BCUT2D eigenvalue weighted by molar-refractivity contribution is 0.625. The van der Waals surface area contributed by atoms with E-state index in [0.717, 1.165) is 16.5 Å². The molecule has 0 unspecified atom stereocenters. The molecule has 2 rings (SSSR count). The number of halogens is 2. The summed E-state index contributed by atoms with van der Waals surface area (Å²) < 4.78 is 15.6. The summed E-state index contributed by atoms with van der Waals surface area (Å²) in [5, 5.41) is 2.95. The van der Waals surface area contributed by atoms with E-state index in [1.807, 2.05) is 6.92 Å². The van der Waals surface area contributed by atoms with Gasteiger partial charge in [-0.25, -0.2) is 9.37 Å². The van der Waals surface area contributed by atoms with Crippen LogP contribution in [0.2, 0.25) is 0 Å². The van der Waals surface area contributed by atoms with Gasteiger partial charge < -0.3 is 9.88 Å². The molecule has 0 spiro atoms. The highest BCUT2D eigenvalue weighted by molar-refractivity contribution is 9.10. The Labute approximate surface area is 124 Å². The van der Waals surface area contributed by atoms with Crippen LogP contribution in [0.25, 0.3) is 0 Å². The molecule has 2 aromatic rings. The lowest BCUT2D eigenvalue weighted by Crippen LogP contribution is -2.24. The highest BCUT2D eigenvalue weighted by Gasteiger charge is 2.06. The average Bonchev–Trinajstić information content (AvgIpc) is 2.43. The van der Waals surface area contributed by atoms with E-state index in [-0.39, 0.29) is 17.2 Å². The quantitative estimate of drug-likeness (QED) is 0.910. The Morgan fingerprint density at radius 2 is 2.25 bits per heavy atom. The summed E-state index contributed by atoms with van der Waals surface area (Å²) in [5.41, 5.74) is 0.568. The van der Waals surface area contributed by atoms with Gasteiger partial charge in [0.1, 0.15) is 5.82 Å². The average molecular weight is 340 g/mol. The fourth-order valence-electron chi connectivity index (χ4n) is 1.84. The van der Waals surface area contributed by atoms with Crippen molar-refractivity contribution in [3.05, 3.63) is 56.8 Å². The van der Waals surface area contributed by atoms with Crippen molar-refractivity contribution in [2.24, 2.45) is 0 Å². The molecule has 1 aromatic carbocycles. The van der Waals surface area contributed by atoms with E-state index in [1.165, 1.54) is 12.1 Å². The van der Waals surface area contributed by atoms with Gasteiger partial charge in [0.25, 0.3) is 5.56 Å². The molecule has 0 aliphatic rings. The molecule has 1 heterocycles. The molecule has 1 aromatic heterocycles. The molecule has 1 N–H and O–H groups in total. The van der Waals surface area contributed by atoms with Crippen molar-refractivity contribution < 1.29 is 4.39 Å². The number of hydrogen-bond donors (Lipinski definition) is 1. The van der Waals surface area contributed by atoms with Gasteiger partial charge in [-0.1, -0.05) is 22.9 Å². The first-order valence-corrected chi connectivity index (χ1v) is 7.14. The van der Waals surface area contributed by atoms with E-state index in [0.29, 0.717) is 13.1 Å². The Morgan fingerprint density at radius 3 is 3.00 bits per heavy atom. The van der Waals surface area contributed by atoms with E-state index >= 15 is 0 Å². The molecule has 20 heavy (non-hydrogen) atoms. The van der Waals surface area contributed by atoms with Crippen molar-refractivity contribution in [1.29, 1.82) is 0 Å². The minimum atomic E-state index is -0.311. The van der Waals surface area contributed by atoms with Crippen LogP contribution in [-0.4, -0.2) is 9.55 Å². The molecule has 106 valence electrons. The third-order valence-electron chi connectivity index (χ3n) is 2.83. The summed E-state index contributed by atoms with van der Waals surface area (Å²) in [7, 11) is 0. The number of nitrogens with zero attached hydrogens (tertiary/aromatic N) is 2. The van der Waals surface area contributed by atoms with E-state index < -0.39 is 0 Å². The normalized spacial score (nSPS) is 10.6. The second-order valence-electron chi connectivity index (χ2n) is 4.36. The van der Waals surface area contributed by atoms with Crippen molar-refractivity contribution in [3.63, 3.8) is 0 Å². The van der Waals surface area contributed by atoms with Gasteiger partial charge in [0, 0.05) is 30.0 Å². The van der Waals surface area contributed by atoms with Gasteiger partial charge in [0.15, 0.2) is 5.82 Å². The largest absolute Gasteiger partial charge is 0.361 e. The Bertz CT molecular complexity index is 657. The second kappa shape index (κ2) is 6.65. The molecule has 4 nitrogen and oxygen atoms in total. The van der Waals surface area contributed by atoms with Crippen LogP contribution in [0.15, 0.2) is 39.9 Å². The number of benzene rings is 1. The van der Waals surface area contributed by atoms with Crippen molar-refractivity contribution in [2.75, 3.05) is 5.32 Å². The van der Waals surface area contributed by atoms with Crippen LogP contribution >= 0.6 is 15.9 Å². The van der Waals surface area contributed by atoms with Crippen LogP contribution in [0.4, 0.5) is 10.2 Å². The van der Waals surface area contributed by atoms with Crippen molar-refractivity contribution in [2.45, 2.75) is 26.4 Å². The molecule has 0 bridgehead atoms. The zero-order valence-electron chi connectivity index (χ0n) is 11.1. The molecule has 0 atom stereocenters. The van der Waals surface area contributed by atoms with E-state index in [2.05, 4.69) is 26.2 Å². The zero-order valence-corrected chi connectivity index (χ0v) is 12.7. The molecule has 0 saturated heterocycles.